The largest absolute Gasteiger partial charge is 0.492 e. The van der Waals surface area contributed by atoms with E-state index in [0.29, 0.717) is 24.4 Å². The minimum absolute atomic E-state index is 0.137. The van der Waals surface area contributed by atoms with Gasteiger partial charge >= 0.3 is 6.03 Å². The second-order valence-electron chi connectivity index (χ2n) is 7.69. The van der Waals surface area contributed by atoms with Crippen molar-refractivity contribution in [1.82, 2.24) is 10.2 Å². The van der Waals surface area contributed by atoms with Gasteiger partial charge in [-0.05, 0) is 56.2 Å². The number of thiophene rings is 1. The van der Waals surface area contributed by atoms with E-state index in [9.17, 15) is 4.79 Å². The fraction of sp³-hybridized carbons (Fsp3) is 0.500. The van der Waals surface area contributed by atoms with Crippen LogP contribution >= 0.6 is 11.3 Å². The van der Waals surface area contributed by atoms with Crippen molar-refractivity contribution in [2.24, 2.45) is 0 Å². The Morgan fingerprint density at radius 2 is 1.96 bits per heavy atom. The standard InChI is InChI=1S/C22H29N3O2S/c1-2-27-21-11-4-3-10-20(21)24-22(26)23-16-13-17-7-5-8-18(14-16)25(17)15-19-9-6-12-28-19/h3-4,6,9-12,16-18H,2,5,7-8,13-15H2,1H3,(H2,23,24,26)/t17-,18-/m1/s1. The van der Waals surface area contributed by atoms with Gasteiger partial charge in [0.25, 0.3) is 0 Å². The molecule has 2 aliphatic rings. The molecule has 2 N–H and O–H groups in total. The van der Waals surface area contributed by atoms with Crippen LogP contribution in [0.2, 0.25) is 0 Å². The summed E-state index contributed by atoms with van der Waals surface area (Å²) >= 11 is 1.84. The van der Waals surface area contributed by atoms with Gasteiger partial charge in [-0.1, -0.05) is 24.6 Å². The predicted molar refractivity (Wildman–Crippen MR) is 114 cm³/mol. The smallest absolute Gasteiger partial charge is 0.319 e. The van der Waals surface area contributed by atoms with Crippen molar-refractivity contribution >= 4 is 23.1 Å². The van der Waals surface area contributed by atoms with Gasteiger partial charge in [0.05, 0.1) is 12.3 Å². The van der Waals surface area contributed by atoms with Crippen molar-refractivity contribution in [2.45, 2.75) is 63.7 Å². The van der Waals surface area contributed by atoms with Gasteiger partial charge in [0.15, 0.2) is 0 Å². The van der Waals surface area contributed by atoms with E-state index in [0.717, 1.165) is 25.1 Å². The Bertz CT molecular complexity index is 766. The van der Waals surface area contributed by atoms with E-state index in [4.69, 9.17) is 4.74 Å². The van der Waals surface area contributed by atoms with Crippen LogP contribution in [0, 0.1) is 0 Å². The van der Waals surface area contributed by atoms with Crippen LogP contribution in [-0.4, -0.2) is 35.7 Å². The van der Waals surface area contributed by atoms with E-state index in [2.05, 4.69) is 33.0 Å². The molecule has 2 atom stereocenters. The Hall–Kier alpha value is -2.05. The predicted octanol–water partition coefficient (Wildman–Crippen LogP) is 4.85. The van der Waals surface area contributed by atoms with Crippen LogP contribution in [-0.2, 0) is 6.54 Å². The lowest BCUT2D eigenvalue weighted by molar-refractivity contribution is 0.0208. The molecule has 1 aromatic heterocycles. The number of nitrogens with one attached hydrogen (secondary N) is 2. The van der Waals surface area contributed by atoms with E-state index < -0.39 is 0 Å². The molecule has 6 heteroatoms. The normalized spacial score (nSPS) is 24.5. The number of amides is 2. The molecule has 3 heterocycles. The topological polar surface area (TPSA) is 53.6 Å². The van der Waals surface area contributed by atoms with Gasteiger partial charge in [0, 0.05) is 29.5 Å². The van der Waals surface area contributed by atoms with E-state index >= 15 is 0 Å². The zero-order valence-electron chi connectivity index (χ0n) is 16.4. The number of carbonyl (C=O) groups is 1. The number of ether oxygens (including phenoxy) is 1. The van der Waals surface area contributed by atoms with Gasteiger partial charge in [-0.15, -0.1) is 11.3 Å². The summed E-state index contributed by atoms with van der Waals surface area (Å²) in [6, 6.07) is 13.2. The lowest BCUT2D eigenvalue weighted by Gasteiger charge is -2.48. The Kier molecular flexibility index (Phi) is 6.17. The molecular weight excluding hydrogens is 370 g/mol. The van der Waals surface area contributed by atoms with Gasteiger partial charge in [-0.2, -0.15) is 0 Å². The average molecular weight is 400 g/mol. The highest BCUT2D eigenvalue weighted by Gasteiger charge is 2.38. The van der Waals surface area contributed by atoms with Crippen LogP contribution in [0.25, 0.3) is 0 Å². The van der Waals surface area contributed by atoms with Crippen LogP contribution in [0.1, 0.15) is 43.9 Å². The zero-order chi connectivity index (χ0) is 19.3. The van der Waals surface area contributed by atoms with Crippen molar-refractivity contribution in [2.75, 3.05) is 11.9 Å². The van der Waals surface area contributed by atoms with Crippen LogP contribution in [0.4, 0.5) is 10.5 Å². The lowest BCUT2D eigenvalue weighted by Crippen LogP contribution is -2.56. The molecule has 2 saturated heterocycles. The highest BCUT2D eigenvalue weighted by Crippen LogP contribution is 2.36. The molecule has 2 amide bonds. The zero-order valence-corrected chi connectivity index (χ0v) is 17.2. The molecular formula is C22H29N3O2S. The molecule has 0 radical (unpaired) electrons. The molecule has 0 unspecified atom stereocenters. The molecule has 0 aliphatic carbocycles. The van der Waals surface area contributed by atoms with Crippen molar-refractivity contribution in [3.05, 3.63) is 46.7 Å². The molecule has 5 nitrogen and oxygen atoms in total. The third kappa shape index (κ3) is 4.50. The summed E-state index contributed by atoms with van der Waals surface area (Å²) in [5.41, 5.74) is 0.720. The summed E-state index contributed by atoms with van der Waals surface area (Å²) in [5.74, 6) is 0.711. The maximum absolute atomic E-state index is 12.6. The Morgan fingerprint density at radius 1 is 1.18 bits per heavy atom. The quantitative estimate of drug-likeness (QED) is 0.730. The van der Waals surface area contributed by atoms with E-state index in [1.807, 2.05) is 42.5 Å². The van der Waals surface area contributed by atoms with Crippen molar-refractivity contribution in [3.8, 4) is 5.75 Å². The lowest BCUT2D eigenvalue weighted by atomic mass is 9.81. The number of benzene rings is 1. The number of fused-ring (bicyclic) bond motifs is 2. The summed E-state index contributed by atoms with van der Waals surface area (Å²) in [6.07, 6.45) is 5.82. The number of anilines is 1. The first-order chi connectivity index (χ1) is 13.7. The van der Waals surface area contributed by atoms with Gasteiger partial charge in [-0.3, -0.25) is 4.90 Å². The molecule has 2 aliphatic heterocycles. The summed E-state index contributed by atoms with van der Waals surface area (Å²) in [4.78, 5) is 16.7. The highest BCUT2D eigenvalue weighted by atomic mass is 32.1. The number of hydrogen-bond acceptors (Lipinski definition) is 4. The monoisotopic (exact) mass is 399 g/mol. The minimum atomic E-state index is -0.137. The van der Waals surface area contributed by atoms with Crippen molar-refractivity contribution < 1.29 is 9.53 Å². The molecule has 4 rings (SSSR count). The molecule has 2 bridgehead atoms. The maximum atomic E-state index is 12.6. The fourth-order valence-electron chi connectivity index (χ4n) is 4.63. The highest BCUT2D eigenvalue weighted by molar-refractivity contribution is 7.09. The van der Waals surface area contributed by atoms with Crippen molar-refractivity contribution in [1.29, 1.82) is 0 Å². The van der Waals surface area contributed by atoms with Crippen LogP contribution in [0.15, 0.2) is 41.8 Å². The second kappa shape index (κ2) is 8.97. The SMILES string of the molecule is CCOc1ccccc1NC(=O)NC1C[C@H]2CCC[C@H](C1)N2Cc1cccs1. The summed E-state index contributed by atoms with van der Waals surface area (Å²) < 4.78 is 5.60. The summed E-state index contributed by atoms with van der Waals surface area (Å²) in [5, 5.41) is 8.34. The number of nitrogens with zero attached hydrogens (tertiary/aromatic N) is 1. The van der Waals surface area contributed by atoms with Gasteiger partial charge in [-0.25, -0.2) is 4.79 Å². The number of piperidine rings is 2. The molecule has 2 fully saturated rings. The maximum Gasteiger partial charge on any atom is 0.319 e. The van der Waals surface area contributed by atoms with Gasteiger partial charge < -0.3 is 15.4 Å². The Morgan fingerprint density at radius 3 is 2.68 bits per heavy atom. The molecule has 0 spiro atoms. The number of para-hydroxylation sites is 2. The Labute approximate surface area is 171 Å². The summed E-state index contributed by atoms with van der Waals surface area (Å²) in [6.45, 7) is 3.57. The average Bonchev–Trinajstić information content (AvgIpc) is 3.17. The van der Waals surface area contributed by atoms with Crippen LogP contribution in [0.5, 0.6) is 5.75 Å². The number of rotatable bonds is 6. The third-order valence-corrected chi connectivity index (χ3v) is 6.68. The first kappa shape index (κ1) is 19.3. The summed E-state index contributed by atoms with van der Waals surface area (Å²) in [7, 11) is 0. The van der Waals surface area contributed by atoms with E-state index in [1.165, 1.54) is 24.1 Å². The number of carbonyl (C=O) groups excluding carboxylic acids is 1. The van der Waals surface area contributed by atoms with Gasteiger partial charge in [0.1, 0.15) is 5.75 Å². The van der Waals surface area contributed by atoms with E-state index in [-0.39, 0.29) is 12.1 Å². The fourth-order valence-corrected chi connectivity index (χ4v) is 5.34. The molecule has 1 aromatic carbocycles. The van der Waals surface area contributed by atoms with Crippen LogP contribution < -0.4 is 15.4 Å². The van der Waals surface area contributed by atoms with Crippen LogP contribution in [0.3, 0.4) is 0 Å². The molecule has 28 heavy (non-hydrogen) atoms. The Balaban J connectivity index is 1.35. The second-order valence-corrected chi connectivity index (χ2v) is 8.72. The van der Waals surface area contributed by atoms with E-state index in [1.54, 1.807) is 0 Å². The minimum Gasteiger partial charge on any atom is -0.492 e. The number of hydrogen-bond donors (Lipinski definition) is 2. The molecule has 0 saturated carbocycles. The van der Waals surface area contributed by atoms with Gasteiger partial charge in [0.2, 0.25) is 0 Å². The third-order valence-electron chi connectivity index (χ3n) is 5.81. The first-order valence-corrected chi connectivity index (χ1v) is 11.2. The number of urea groups is 1. The van der Waals surface area contributed by atoms with Crippen molar-refractivity contribution in [3.63, 3.8) is 0 Å². The first-order valence-electron chi connectivity index (χ1n) is 10.3. The molecule has 150 valence electrons. The molecule has 2 aromatic rings.